The number of carbonyl (C=O) groups is 2. The second-order valence-corrected chi connectivity index (χ2v) is 6.13. The Hall–Kier alpha value is -3.35. The van der Waals surface area contributed by atoms with E-state index in [1.165, 1.54) is 0 Å². The highest BCUT2D eigenvalue weighted by molar-refractivity contribution is 6.43. The predicted molar refractivity (Wildman–Crippen MR) is 98.1 cm³/mol. The average molecular weight is 350 g/mol. The van der Waals surface area contributed by atoms with Gasteiger partial charge in [-0.2, -0.15) is 0 Å². The van der Waals surface area contributed by atoms with Crippen LogP contribution in [0, 0.1) is 0 Å². The molecule has 0 radical (unpaired) electrons. The third-order valence-corrected chi connectivity index (χ3v) is 4.37. The number of benzene rings is 2. The third kappa shape index (κ3) is 3.23. The molecule has 0 aliphatic carbocycles. The molecule has 0 saturated carbocycles. The lowest BCUT2D eigenvalue weighted by molar-refractivity contribution is -0.110. The van der Waals surface area contributed by atoms with Crippen molar-refractivity contribution in [3.63, 3.8) is 0 Å². The highest BCUT2D eigenvalue weighted by atomic mass is 16.6. The monoisotopic (exact) mass is 350 g/mol. The number of hydrogen-bond donors (Lipinski definition) is 2. The van der Waals surface area contributed by atoms with Crippen LogP contribution in [0.15, 0.2) is 59.8 Å². The molecule has 4 rings (SSSR count). The zero-order valence-corrected chi connectivity index (χ0v) is 14.0. The van der Waals surface area contributed by atoms with Gasteiger partial charge in [-0.05, 0) is 23.8 Å². The lowest BCUT2D eigenvalue weighted by atomic mass is 10.0. The molecule has 2 aliphatic heterocycles. The first kappa shape index (κ1) is 16.1. The number of hydrogen-bond acceptors (Lipinski definition) is 4. The molecule has 3 amide bonds. The van der Waals surface area contributed by atoms with Gasteiger partial charge in [-0.15, -0.1) is 0 Å². The molecule has 1 fully saturated rings. The van der Waals surface area contributed by atoms with E-state index in [2.05, 4.69) is 15.8 Å². The Morgan fingerprint density at radius 2 is 2.04 bits per heavy atom. The van der Waals surface area contributed by atoms with E-state index in [4.69, 9.17) is 4.84 Å². The van der Waals surface area contributed by atoms with Crippen LogP contribution in [0.4, 0.5) is 16.2 Å². The summed E-state index contributed by atoms with van der Waals surface area (Å²) in [5.41, 5.74) is 2.69. The number of nitrogens with zero attached hydrogens (tertiary/aromatic N) is 2. The number of nitrogens with one attached hydrogen (secondary N) is 2. The van der Waals surface area contributed by atoms with Gasteiger partial charge in [0.2, 0.25) is 0 Å². The second-order valence-electron chi connectivity index (χ2n) is 6.13. The fourth-order valence-corrected chi connectivity index (χ4v) is 3.03. The molecule has 26 heavy (non-hydrogen) atoms. The molecule has 0 bridgehead atoms. The molecule has 0 unspecified atom stereocenters. The molecule has 2 aliphatic rings. The van der Waals surface area contributed by atoms with Crippen molar-refractivity contribution < 1.29 is 14.4 Å². The molecule has 2 heterocycles. The maximum Gasteiger partial charge on any atom is 0.321 e. The van der Waals surface area contributed by atoms with Gasteiger partial charge in [-0.3, -0.25) is 9.69 Å². The van der Waals surface area contributed by atoms with Gasteiger partial charge in [-0.25, -0.2) is 4.79 Å². The van der Waals surface area contributed by atoms with E-state index in [1.807, 2.05) is 36.4 Å². The third-order valence-electron chi connectivity index (χ3n) is 4.37. The summed E-state index contributed by atoms with van der Waals surface area (Å²) < 4.78 is 0. The highest BCUT2D eigenvalue weighted by Crippen LogP contribution is 2.27. The molecule has 0 aromatic heterocycles. The molecule has 2 aromatic rings. The summed E-state index contributed by atoms with van der Waals surface area (Å²) >= 11 is 0. The summed E-state index contributed by atoms with van der Waals surface area (Å²) in [5.74, 6) is -0.300. The molecule has 0 spiro atoms. The van der Waals surface area contributed by atoms with Crippen molar-refractivity contribution >= 4 is 29.0 Å². The smallest absolute Gasteiger partial charge is 0.321 e. The number of urea groups is 1. The Balaban J connectivity index is 1.42. The SMILES string of the molecule is O=C(Nc1cccc(N2CCNC2=O)c1)C1=NO[C@@H](c2ccccc2)C1. The van der Waals surface area contributed by atoms with E-state index < -0.39 is 0 Å². The first-order valence-corrected chi connectivity index (χ1v) is 8.45. The van der Waals surface area contributed by atoms with Crippen LogP contribution >= 0.6 is 0 Å². The van der Waals surface area contributed by atoms with Crippen molar-refractivity contribution in [1.82, 2.24) is 5.32 Å². The lowest BCUT2D eigenvalue weighted by Crippen LogP contribution is -2.28. The van der Waals surface area contributed by atoms with Crippen molar-refractivity contribution in [1.29, 1.82) is 0 Å². The van der Waals surface area contributed by atoms with Crippen LogP contribution in [0.25, 0.3) is 0 Å². The Kier molecular flexibility index (Phi) is 4.27. The summed E-state index contributed by atoms with van der Waals surface area (Å²) in [5, 5.41) is 9.52. The van der Waals surface area contributed by atoms with Gasteiger partial charge in [0.05, 0.1) is 0 Å². The molecule has 7 heteroatoms. The number of amides is 3. The molecule has 132 valence electrons. The Labute approximate surface area is 150 Å². The van der Waals surface area contributed by atoms with Crippen LogP contribution < -0.4 is 15.5 Å². The van der Waals surface area contributed by atoms with Crippen LogP contribution in [0.5, 0.6) is 0 Å². The number of carbonyl (C=O) groups excluding carboxylic acids is 2. The van der Waals surface area contributed by atoms with Crippen molar-refractivity contribution in [2.45, 2.75) is 12.5 Å². The van der Waals surface area contributed by atoms with Crippen molar-refractivity contribution in [3.8, 4) is 0 Å². The maximum atomic E-state index is 12.5. The minimum atomic E-state index is -0.300. The number of rotatable bonds is 4. The van der Waals surface area contributed by atoms with Gasteiger partial charge in [0.1, 0.15) is 5.71 Å². The molecule has 2 N–H and O–H groups in total. The summed E-state index contributed by atoms with van der Waals surface area (Å²) in [6.07, 6.45) is 0.181. The summed E-state index contributed by atoms with van der Waals surface area (Å²) in [7, 11) is 0. The van der Waals surface area contributed by atoms with Crippen molar-refractivity contribution in [3.05, 3.63) is 60.2 Å². The molecule has 1 saturated heterocycles. The fourth-order valence-electron chi connectivity index (χ4n) is 3.03. The van der Waals surface area contributed by atoms with E-state index in [0.717, 1.165) is 11.3 Å². The number of anilines is 2. The lowest BCUT2D eigenvalue weighted by Gasteiger charge is -2.15. The fraction of sp³-hybridized carbons (Fsp3) is 0.211. The van der Waals surface area contributed by atoms with E-state index in [-0.39, 0.29) is 18.0 Å². The highest BCUT2D eigenvalue weighted by Gasteiger charge is 2.27. The van der Waals surface area contributed by atoms with Gasteiger partial charge in [-0.1, -0.05) is 41.6 Å². The minimum absolute atomic E-state index is 0.132. The Morgan fingerprint density at radius 1 is 1.19 bits per heavy atom. The van der Waals surface area contributed by atoms with E-state index in [1.54, 1.807) is 23.1 Å². The first-order valence-electron chi connectivity index (χ1n) is 8.45. The van der Waals surface area contributed by atoms with Crippen molar-refractivity contribution in [2.24, 2.45) is 5.16 Å². The largest absolute Gasteiger partial charge is 0.387 e. The molecule has 2 aromatic carbocycles. The van der Waals surface area contributed by atoms with Crippen LogP contribution in [-0.2, 0) is 9.63 Å². The zero-order chi connectivity index (χ0) is 17.9. The van der Waals surface area contributed by atoms with Crippen LogP contribution in [0.1, 0.15) is 18.1 Å². The average Bonchev–Trinajstić information content (AvgIpc) is 3.32. The molecular formula is C19H18N4O3. The van der Waals surface area contributed by atoms with Crippen LogP contribution in [0.2, 0.25) is 0 Å². The van der Waals surface area contributed by atoms with E-state index in [9.17, 15) is 9.59 Å². The van der Waals surface area contributed by atoms with Crippen LogP contribution in [0.3, 0.4) is 0 Å². The molecular weight excluding hydrogens is 332 g/mol. The maximum absolute atomic E-state index is 12.5. The van der Waals surface area contributed by atoms with Crippen molar-refractivity contribution in [2.75, 3.05) is 23.3 Å². The molecule has 7 nitrogen and oxygen atoms in total. The van der Waals surface area contributed by atoms with Gasteiger partial charge in [0, 0.05) is 30.9 Å². The van der Waals surface area contributed by atoms with Gasteiger partial charge < -0.3 is 15.5 Å². The summed E-state index contributed by atoms with van der Waals surface area (Å²) in [4.78, 5) is 31.3. The van der Waals surface area contributed by atoms with E-state index in [0.29, 0.717) is 30.9 Å². The van der Waals surface area contributed by atoms with E-state index >= 15 is 0 Å². The number of oxime groups is 1. The second kappa shape index (κ2) is 6.87. The summed E-state index contributed by atoms with van der Waals surface area (Å²) in [6.45, 7) is 1.22. The zero-order valence-electron chi connectivity index (χ0n) is 14.0. The van der Waals surface area contributed by atoms with Gasteiger partial charge >= 0.3 is 6.03 Å². The minimum Gasteiger partial charge on any atom is -0.387 e. The topological polar surface area (TPSA) is 83.0 Å². The summed E-state index contributed by atoms with van der Waals surface area (Å²) in [6, 6.07) is 16.7. The first-order chi connectivity index (χ1) is 12.7. The van der Waals surface area contributed by atoms with Gasteiger partial charge in [0.25, 0.3) is 5.91 Å². The Bertz CT molecular complexity index is 866. The Morgan fingerprint density at radius 3 is 2.81 bits per heavy atom. The standard InChI is InChI=1S/C19H18N4O3/c24-18(16-12-17(26-22-16)13-5-2-1-3-6-13)21-14-7-4-8-15(11-14)23-10-9-20-19(23)25/h1-8,11,17H,9-10,12H2,(H,20,25)(H,21,24)/t17-/m1/s1. The quantitative estimate of drug-likeness (QED) is 0.889. The molecule has 1 atom stereocenters. The normalized spacial score (nSPS) is 18.9. The predicted octanol–water partition coefficient (Wildman–Crippen LogP) is 2.67. The van der Waals surface area contributed by atoms with Crippen LogP contribution in [-0.4, -0.2) is 30.7 Å². The van der Waals surface area contributed by atoms with Gasteiger partial charge in [0.15, 0.2) is 6.10 Å².